The van der Waals surface area contributed by atoms with E-state index in [-0.39, 0.29) is 18.5 Å². The summed E-state index contributed by atoms with van der Waals surface area (Å²) in [6, 6.07) is -0.167. The van der Waals surface area contributed by atoms with E-state index >= 15 is 0 Å². The van der Waals surface area contributed by atoms with E-state index in [4.69, 9.17) is 4.74 Å². The number of aromatic nitrogens is 3. The Balaban J connectivity index is 2.19. The van der Waals surface area contributed by atoms with E-state index in [0.717, 1.165) is 0 Å². The van der Waals surface area contributed by atoms with Crippen molar-refractivity contribution >= 4 is 5.91 Å². The Morgan fingerprint density at radius 1 is 1.69 bits per heavy atom. The Labute approximate surface area is 94.0 Å². The van der Waals surface area contributed by atoms with Crippen molar-refractivity contribution in [3.8, 4) is 0 Å². The number of H-pyrrole nitrogens is 1. The largest absolute Gasteiger partial charge is 0.383 e. The number of carbonyl (C=O) groups is 1. The first-order valence-electron chi connectivity index (χ1n) is 5.08. The van der Waals surface area contributed by atoms with E-state index in [0.29, 0.717) is 19.0 Å². The molecule has 1 atom stereocenters. The molecule has 0 fully saturated rings. The topological polar surface area (TPSA) is 91.9 Å². The molecule has 0 spiro atoms. The van der Waals surface area contributed by atoms with Crippen LogP contribution in [0, 0.1) is 0 Å². The van der Waals surface area contributed by atoms with Gasteiger partial charge in [-0.05, 0) is 6.92 Å². The number of aromatic amines is 1. The summed E-state index contributed by atoms with van der Waals surface area (Å²) in [7, 11) is 1.62. The number of nitrogens with zero attached hydrogens (tertiary/aromatic N) is 2. The molecule has 0 saturated carbocycles. The van der Waals surface area contributed by atoms with Crippen molar-refractivity contribution in [1.29, 1.82) is 0 Å². The quantitative estimate of drug-likeness (QED) is 0.531. The molecule has 90 valence electrons. The van der Waals surface area contributed by atoms with Crippen LogP contribution in [0.2, 0.25) is 0 Å². The fourth-order valence-electron chi connectivity index (χ4n) is 1.16. The predicted octanol–water partition coefficient (Wildman–Crippen LogP) is -0.782. The third-order valence-corrected chi connectivity index (χ3v) is 1.99. The number of ether oxygens (including phenoxy) is 1. The summed E-state index contributed by atoms with van der Waals surface area (Å²) in [4.78, 5) is 15.4. The number of carbonyl (C=O) groups excluding carboxylic acids is 1. The van der Waals surface area contributed by atoms with Crippen LogP contribution in [-0.4, -0.2) is 47.9 Å². The van der Waals surface area contributed by atoms with Crippen molar-refractivity contribution in [2.45, 2.75) is 13.0 Å². The number of methoxy groups -OCH3 is 1. The van der Waals surface area contributed by atoms with Gasteiger partial charge in [0.1, 0.15) is 12.2 Å². The molecule has 1 unspecified atom stereocenters. The standard InChI is InChI=1S/C9H17N5O2/c1-7(9-11-6-12-14-9)13-8(15)5-10-3-4-16-2/h6-7,10H,3-5H2,1-2H3,(H,13,15)(H,11,12,14). The van der Waals surface area contributed by atoms with Crippen LogP contribution in [0.1, 0.15) is 18.8 Å². The van der Waals surface area contributed by atoms with Gasteiger partial charge in [0.15, 0.2) is 0 Å². The highest BCUT2D eigenvalue weighted by Crippen LogP contribution is 2.02. The van der Waals surface area contributed by atoms with Crippen LogP contribution >= 0.6 is 0 Å². The summed E-state index contributed by atoms with van der Waals surface area (Å²) >= 11 is 0. The monoisotopic (exact) mass is 227 g/mol. The number of rotatable bonds is 7. The summed E-state index contributed by atoms with van der Waals surface area (Å²) in [5, 5.41) is 12.2. The van der Waals surface area contributed by atoms with E-state index in [1.54, 1.807) is 7.11 Å². The highest BCUT2D eigenvalue weighted by atomic mass is 16.5. The van der Waals surface area contributed by atoms with Gasteiger partial charge in [0.2, 0.25) is 5.91 Å². The molecular formula is C9H17N5O2. The Hall–Kier alpha value is -1.47. The predicted molar refractivity (Wildman–Crippen MR) is 57.7 cm³/mol. The average Bonchev–Trinajstić information content (AvgIpc) is 2.77. The Bertz CT molecular complexity index is 301. The van der Waals surface area contributed by atoms with Crippen molar-refractivity contribution in [3.05, 3.63) is 12.2 Å². The molecule has 0 aromatic carbocycles. The third kappa shape index (κ3) is 4.37. The van der Waals surface area contributed by atoms with Crippen LogP contribution in [0.25, 0.3) is 0 Å². The van der Waals surface area contributed by atoms with Crippen LogP contribution in [0.3, 0.4) is 0 Å². The molecule has 0 saturated heterocycles. The molecule has 7 heteroatoms. The van der Waals surface area contributed by atoms with E-state index in [9.17, 15) is 4.79 Å². The second-order valence-electron chi connectivity index (χ2n) is 3.33. The van der Waals surface area contributed by atoms with Crippen molar-refractivity contribution in [1.82, 2.24) is 25.8 Å². The van der Waals surface area contributed by atoms with Crippen molar-refractivity contribution in [3.63, 3.8) is 0 Å². The molecule has 1 rings (SSSR count). The normalized spacial score (nSPS) is 12.4. The summed E-state index contributed by atoms with van der Waals surface area (Å²) in [5.74, 6) is 0.560. The average molecular weight is 227 g/mol. The van der Waals surface area contributed by atoms with Crippen LogP contribution in [0.4, 0.5) is 0 Å². The van der Waals surface area contributed by atoms with Crippen LogP contribution < -0.4 is 10.6 Å². The van der Waals surface area contributed by atoms with Gasteiger partial charge < -0.3 is 15.4 Å². The lowest BCUT2D eigenvalue weighted by Gasteiger charge is -2.11. The maximum absolute atomic E-state index is 11.4. The number of hydrogen-bond donors (Lipinski definition) is 3. The lowest BCUT2D eigenvalue weighted by Crippen LogP contribution is -2.36. The third-order valence-electron chi connectivity index (χ3n) is 1.99. The summed E-state index contributed by atoms with van der Waals surface area (Å²) in [5.41, 5.74) is 0. The van der Waals surface area contributed by atoms with Gasteiger partial charge in [0.05, 0.1) is 19.2 Å². The molecular weight excluding hydrogens is 210 g/mol. The van der Waals surface area contributed by atoms with Crippen molar-refractivity contribution < 1.29 is 9.53 Å². The minimum Gasteiger partial charge on any atom is -0.383 e. The molecule has 3 N–H and O–H groups in total. The molecule has 1 aromatic rings. The van der Waals surface area contributed by atoms with Gasteiger partial charge in [0, 0.05) is 13.7 Å². The molecule has 1 heterocycles. The molecule has 0 radical (unpaired) electrons. The minimum atomic E-state index is -0.167. The fraction of sp³-hybridized carbons (Fsp3) is 0.667. The van der Waals surface area contributed by atoms with Gasteiger partial charge in [-0.3, -0.25) is 9.89 Å². The Morgan fingerprint density at radius 2 is 2.50 bits per heavy atom. The van der Waals surface area contributed by atoms with E-state index < -0.39 is 0 Å². The van der Waals surface area contributed by atoms with Gasteiger partial charge in [0.25, 0.3) is 0 Å². The molecule has 0 aliphatic rings. The molecule has 1 aromatic heterocycles. The van der Waals surface area contributed by atoms with Crippen molar-refractivity contribution in [2.24, 2.45) is 0 Å². The minimum absolute atomic E-state index is 0.0833. The van der Waals surface area contributed by atoms with Crippen LogP contribution in [-0.2, 0) is 9.53 Å². The molecule has 16 heavy (non-hydrogen) atoms. The molecule has 0 aliphatic heterocycles. The summed E-state index contributed by atoms with van der Waals surface area (Å²) < 4.78 is 4.85. The molecule has 7 nitrogen and oxygen atoms in total. The zero-order chi connectivity index (χ0) is 11.8. The summed E-state index contributed by atoms with van der Waals surface area (Å²) in [6.45, 7) is 3.35. The molecule has 1 amide bonds. The Morgan fingerprint density at radius 3 is 3.12 bits per heavy atom. The van der Waals surface area contributed by atoms with E-state index in [1.807, 2.05) is 6.92 Å². The molecule has 0 bridgehead atoms. The first-order valence-corrected chi connectivity index (χ1v) is 5.08. The van der Waals surface area contributed by atoms with E-state index in [1.165, 1.54) is 6.33 Å². The zero-order valence-electron chi connectivity index (χ0n) is 9.49. The number of nitrogens with one attached hydrogen (secondary N) is 3. The molecule has 0 aliphatic carbocycles. The van der Waals surface area contributed by atoms with Gasteiger partial charge in [-0.1, -0.05) is 0 Å². The van der Waals surface area contributed by atoms with Crippen molar-refractivity contribution in [2.75, 3.05) is 26.8 Å². The fourth-order valence-corrected chi connectivity index (χ4v) is 1.16. The van der Waals surface area contributed by atoms with Crippen LogP contribution in [0.15, 0.2) is 6.33 Å². The van der Waals surface area contributed by atoms with Gasteiger partial charge in [-0.25, -0.2) is 4.98 Å². The lowest BCUT2D eigenvalue weighted by molar-refractivity contribution is -0.120. The maximum Gasteiger partial charge on any atom is 0.234 e. The highest BCUT2D eigenvalue weighted by molar-refractivity contribution is 5.78. The summed E-state index contributed by atoms with van der Waals surface area (Å²) in [6.07, 6.45) is 1.41. The van der Waals surface area contributed by atoms with E-state index in [2.05, 4.69) is 25.8 Å². The first-order chi connectivity index (χ1) is 7.74. The smallest absolute Gasteiger partial charge is 0.234 e. The Kier molecular flexibility index (Phi) is 5.44. The lowest BCUT2D eigenvalue weighted by atomic mass is 10.3. The number of amides is 1. The zero-order valence-corrected chi connectivity index (χ0v) is 9.49. The second-order valence-corrected chi connectivity index (χ2v) is 3.33. The van der Waals surface area contributed by atoms with Gasteiger partial charge in [-0.15, -0.1) is 0 Å². The van der Waals surface area contributed by atoms with Crippen LogP contribution in [0.5, 0.6) is 0 Å². The maximum atomic E-state index is 11.4. The van der Waals surface area contributed by atoms with Gasteiger partial charge in [-0.2, -0.15) is 5.10 Å². The second kappa shape index (κ2) is 6.91. The SMILES string of the molecule is COCCNCC(=O)NC(C)c1ncn[nH]1. The highest BCUT2D eigenvalue weighted by Gasteiger charge is 2.10. The number of hydrogen-bond acceptors (Lipinski definition) is 5. The first kappa shape index (κ1) is 12.6. The van der Waals surface area contributed by atoms with Gasteiger partial charge >= 0.3 is 0 Å².